The molecule has 0 aromatic rings. The van der Waals surface area contributed by atoms with E-state index in [1.165, 1.54) is 0 Å². The van der Waals surface area contributed by atoms with Gasteiger partial charge in [0, 0.05) is 5.57 Å². The van der Waals surface area contributed by atoms with Gasteiger partial charge in [-0.2, -0.15) is 43.9 Å². The summed E-state index contributed by atoms with van der Waals surface area (Å²) in [5, 5.41) is 0. The van der Waals surface area contributed by atoms with Crippen molar-refractivity contribution in [3.8, 4) is 0 Å². The number of hydrogen-bond donors (Lipinski definition) is 0. The molecule has 0 aliphatic rings. The van der Waals surface area contributed by atoms with Crippen LogP contribution in [0.5, 0.6) is 0 Å². The second-order valence-corrected chi connectivity index (χ2v) is 4.92. The lowest BCUT2D eigenvalue weighted by Crippen LogP contribution is -2.74. The smallest absolute Gasteiger partial charge is 0.394 e. The van der Waals surface area contributed by atoms with Gasteiger partial charge in [-0.1, -0.05) is 6.58 Å². The molecule has 0 bridgehead atoms. The molecule has 2 atom stereocenters. The summed E-state index contributed by atoms with van der Waals surface area (Å²) >= 11 is 0. The summed E-state index contributed by atoms with van der Waals surface area (Å²) < 4.78 is 158. The monoisotopic (exact) mass is 400 g/mol. The SMILES string of the molecule is C=C(C)C(=O)OC(F)(F)C(F)(C(F)(F)F)C(F)(F)C(C)(F)C(F)(F)F. The zero-order valence-corrected chi connectivity index (χ0v) is 12.1. The minimum atomic E-state index is -7.56. The van der Waals surface area contributed by atoms with Crippen molar-refractivity contribution in [2.45, 2.75) is 49.6 Å². The van der Waals surface area contributed by atoms with E-state index in [1.54, 1.807) is 0 Å². The van der Waals surface area contributed by atoms with Crippen LogP contribution in [0.25, 0.3) is 0 Å². The minimum Gasteiger partial charge on any atom is -0.394 e. The van der Waals surface area contributed by atoms with Gasteiger partial charge in [0.2, 0.25) is 0 Å². The molecular formula is C11H8F12O2. The number of halogens is 12. The molecule has 0 radical (unpaired) electrons. The van der Waals surface area contributed by atoms with Gasteiger partial charge in [-0.3, -0.25) is 0 Å². The van der Waals surface area contributed by atoms with Gasteiger partial charge in [0.1, 0.15) is 0 Å². The van der Waals surface area contributed by atoms with Crippen LogP contribution in [0, 0.1) is 0 Å². The van der Waals surface area contributed by atoms with Gasteiger partial charge in [-0.05, 0) is 13.8 Å². The molecule has 0 saturated carbocycles. The molecule has 14 heteroatoms. The molecule has 0 aromatic heterocycles. The zero-order valence-electron chi connectivity index (χ0n) is 12.1. The number of rotatable bonds is 5. The molecule has 0 aliphatic heterocycles. The summed E-state index contributed by atoms with van der Waals surface area (Å²) in [5.74, 6) is -10.0. The largest absolute Gasteiger partial charge is 0.451 e. The highest BCUT2D eigenvalue weighted by Crippen LogP contribution is 2.61. The van der Waals surface area contributed by atoms with Crippen LogP contribution in [0.1, 0.15) is 13.8 Å². The molecule has 0 rings (SSSR count). The number of alkyl halides is 12. The van der Waals surface area contributed by atoms with E-state index in [1.807, 2.05) is 0 Å². The maximum absolute atomic E-state index is 13.8. The van der Waals surface area contributed by atoms with E-state index in [4.69, 9.17) is 0 Å². The van der Waals surface area contributed by atoms with Gasteiger partial charge in [-0.15, -0.1) is 0 Å². The number of hydrogen-bond acceptors (Lipinski definition) is 2. The molecule has 0 N–H and O–H groups in total. The fourth-order valence-electron chi connectivity index (χ4n) is 1.30. The summed E-state index contributed by atoms with van der Waals surface area (Å²) in [6, 6.07) is 0. The molecule has 0 fully saturated rings. The van der Waals surface area contributed by atoms with Gasteiger partial charge >= 0.3 is 36.0 Å². The van der Waals surface area contributed by atoms with Crippen LogP contribution in [-0.2, 0) is 9.53 Å². The molecular weight excluding hydrogens is 392 g/mol. The standard InChI is InChI=1S/C11H8F12O2/c1-4(2)5(24)25-11(22,23)7(13,10(19,20)21)8(14,15)6(3,12)9(16,17)18/h1H2,2-3H3. The maximum Gasteiger partial charge on any atom is 0.451 e. The Morgan fingerprint density at radius 3 is 1.40 bits per heavy atom. The van der Waals surface area contributed by atoms with Gasteiger partial charge in [0.15, 0.2) is 0 Å². The molecule has 0 spiro atoms. The highest BCUT2D eigenvalue weighted by Gasteiger charge is 2.92. The predicted molar refractivity (Wildman–Crippen MR) is 56.3 cm³/mol. The summed E-state index contributed by atoms with van der Waals surface area (Å²) in [5.41, 5.74) is -15.1. The van der Waals surface area contributed by atoms with Gasteiger partial charge < -0.3 is 4.74 Å². The lowest BCUT2D eigenvalue weighted by atomic mass is 9.83. The molecule has 0 aliphatic carbocycles. The molecule has 0 saturated heterocycles. The third-order valence-corrected chi connectivity index (χ3v) is 2.92. The average molecular weight is 400 g/mol. The van der Waals surface area contributed by atoms with Crippen LogP contribution < -0.4 is 0 Å². The van der Waals surface area contributed by atoms with Crippen LogP contribution in [0.15, 0.2) is 12.2 Å². The molecule has 2 nitrogen and oxygen atoms in total. The number of carbonyl (C=O) groups is 1. The first-order chi connectivity index (χ1) is 10.6. The topological polar surface area (TPSA) is 26.3 Å². The fraction of sp³-hybridized carbons (Fsp3) is 0.727. The Morgan fingerprint density at radius 1 is 0.800 bits per heavy atom. The van der Waals surface area contributed by atoms with Crippen molar-refractivity contribution in [3.63, 3.8) is 0 Å². The summed E-state index contributed by atoms with van der Waals surface area (Å²) in [6.45, 7) is 1.83. The first-order valence-corrected chi connectivity index (χ1v) is 5.73. The van der Waals surface area contributed by atoms with Crippen LogP contribution in [-0.4, -0.2) is 41.7 Å². The Labute approximate surface area is 131 Å². The Kier molecular flexibility index (Phi) is 5.58. The summed E-state index contributed by atoms with van der Waals surface area (Å²) in [7, 11) is 0. The van der Waals surface area contributed by atoms with Crippen molar-refractivity contribution in [2.24, 2.45) is 0 Å². The predicted octanol–water partition coefficient (Wildman–Crippen LogP) is 4.89. The van der Waals surface area contributed by atoms with Gasteiger partial charge in [-0.25, -0.2) is 13.6 Å². The van der Waals surface area contributed by atoms with E-state index >= 15 is 0 Å². The Balaban J connectivity index is 6.62. The third kappa shape index (κ3) is 3.38. The quantitative estimate of drug-likeness (QED) is 0.373. The first-order valence-electron chi connectivity index (χ1n) is 5.73. The van der Waals surface area contributed by atoms with Crippen molar-refractivity contribution in [3.05, 3.63) is 12.2 Å². The van der Waals surface area contributed by atoms with Gasteiger partial charge in [0.25, 0.3) is 5.67 Å². The highest BCUT2D eigenvalue weighted by molar-refractivity contribution is 5.87. The van der Waals surface area contributed by atoms with Crippen LogP contribution in [0.3, 0.4) is 0 Å². The Morgan fingerprint density at radius 2 is 1.16 bits per heavy atom. The van der Waals surface area contributed by atoms with Crippen molar-refractivity contribution in [2.75, 3.05) is 0 Å². The van der Waals surface area contributed by atoms with E-state index < -0.39 is 54.2 Å². The van der Waals surface area contributed by atoms with E-state index in [0.717, 1.165) is 0 Å². The highest BCUT2D eigenvalue weighted by atomic mass is 19.4. The maximum atomic E-state index is 13.8. The summed E-state index contributed by atoms with van der Waals surface area (Å²) in [4.78, 5) is 10.8. The van der Waals surface area contributed by atoms with E-state index in [-0.39, 0.29) is 0 Å². The first kappa shape index (κ1) is 23.4. The minimum absolute atomic E-state index is 0.527. The van der Waals surface area contributed by atoms with Crippen molar-refractivity contribution >= 4 is 5.97 Å². The average Bonchev–Trinajstić information content (AvgIpc) is 2.33. The number of esters is 1. The molecule has 148 valence electrons. The van der Waals surface area contributed by atoms with Crippen molar-refractivity contribution in [1.82, 2.24) is 0 Å². The third-order valence-electron chi connectivity index (χ3n) is 2.92. The van der Waals surface area contributed by atoms with E-state index in [0.29, 0.717) is 6.92 Å². The fourth-order valence-corrected chi connectivity index (χ4v) is 1.30. The molecule has 25 heavy (non-hydrogen) atoms. The number of ether oxygens (including phenoxy) is 1. The second kappa shape index (κ2) is 5.97. The summed E-state index contributed by atoms with van der Waals surface area (Å²) in [6.07, 6.45) is -21.3. The van der Waals surface area contributed by atoms with E-state index in [2.05, 4.69) is 11.3 Å². The molecule has 0 aromatic carbocycles. The lowest BCUT2D eigenvalue weighted by molar-refractivity contribution is -0.447. The normalized spacial score (nSPS) is 19.0. The second-order valence-electron chi connectivity index (χ2n) is 4.92. The van der Waals surface area contributed by atoms with Crippen LogP contribution in [0.4, 0.5) is 52.7 Å². The van der Waals surface area contributed by atoms with E-state index in [9.17, 15) is 57.5 Å². The van der Waals surface area contributed by atoms with Crippen LogP contribution in [0.2, 0.25) is 0 Å². The molecule has 0 amide bonds. The Bertz CT molecular complexity index is 544. The lowest BCUT2D eigenvalue weighted by Gasteiger charge is -2.43. The van der Waals surface area contributed by atoms with Crippen molar-refractivity contribution < 1.29 is 62.2 Å². The molecule has 2 unspecified atom stereocenters. The van der Waals surface area contributed by atoms with Gasteiger partial charge in [0.05, 0.1) is 0 Å². The molecule has 0 heterocycles. The van der Waals surface area contributed by atoms with Crippen molar-refractivity contribution in [1.29, 1.82) is 0 Å². The zero-order chi connectivity index (χ0) is 20.9. The Hall–Kier alpha value is -1.63. The number of carbonyl (C=O) groups excluding carboxylic acids is 1. The van der Waals surface area contributed by atoms with Crippen LogP contribution >= 0.6 is 0 Å².